The quantitative estimate of drug-likeness (QED) is 0.511. The van der Waals surface area contributed by atoms with E-state index in [1.165, 1.54) is 11.8 Å². The number of nitrogens with two attached hydrogens (primary N) is 1. The van der Waals surface area contributed by atoms with Crippen molar-refractivity contribution in [3.05, 3.63) is 76.3 Å². The Morgan fingerprint density at radius 1 is 1.03 bits per heavy atom. The van der Waals surface area contributed by atoms with E-state index in [-0.39, 0.29) is 22.9 Å². The first-order valence-electron chi connectivity index (χ1n) is 10.4. The van der Waals surface area contributed by atoms with Crippen molar-refractivity contribution in [3.8, 4) is 23.3 Å². The Labute approximate surface area is 201 Å². The average molecular weight is 474 g/mol. The monoisotopic (exact) mass is 473 g/mol. The lowest BCUT2D eigenvalue weighted by Gasteiger charge is -2.24. The van der Waals surface area contributed by atoms with E-state index in [0.29, 0.717) is 34.3 Å². The first-order chi connectivity index (χ1) is 16.0. The zero-order chi connectivity index (χ0) is 23.4. The molecular formula is C25H20ClN5OS. The number of halogens is 1. The summed E-state index contributed by atoms with van der Waals surface area (Å²) in [5.41, 5.74) is 8.09. The Kier molecular flexibility index (Phi) is 6.84. The fourth-order valence-corrected chi connectivity index (χ4v) is 5.33. The number of benzene rings is 2. The van der Waals surface area contributed by atoms with Crippen LogP contribution in [0.2, 0.25) is 5.02 Å². The number of carbonyl (C=O) groups excluding carboxylic acids is 1. The number of hydrogen-bond donors (Lipinski definition) is 1. The van der Waals surface area contributed by atoms with E-state index in [4.69, 9.17) is 17.3 Å². The summed E-state index contributed by atoms with van der Waals surface area (Å²) in [7, 11) is 0. The third kappa shape index (κ3) is 4.52. The van der Waals surface area contributed by atoms with E-state index < -0.39 is 5.25 Å². The van der Waals surface area contributed by atoms with Gasteiger partial charge in [0.25, 0.3) is 0 Å². The molecule has 1 unspecified atom stereocenters. The van der Waals surface area contributed by atoms with Crippen molar-refractivity contribution in [2.75, 3.05) is 18.8 Å². The highest BCUT2D eigenvalue weighted by atomic mass is 35.5. The lowest BCUT2D eigenvalue weighted by atomic mass is 9.97. The van der Waals surface area contributed by atoms with Gasteiger partial charge in [0.05, 0.1) is 5.56 Å². The van der Waals surface area contributed by atoms with Crippen LogP contribution in [-0.2, 0) is 4.79 Å². The maximum atomic E-state index is 13.5. The van der Waals surface area contributed by atoms with Gasteiger partial charge in [0.2, 0.25) is 5.91 Å². The topological polar surface area (TPSA) is 107 Å². The minimum absolute atomic E-state index is 0.00523. The number of hydrogen-bond acceptors (Lipinski definition) is 6. The molecule has 3 aromatic rings. The summed E-state index contributed by atoms with van der Waals surface area (Å²) in [5.74, 6) is -0.0361. The molecule has 0 bridgehead atoms. The predicted octanol–water partition coefficient (Wildman–Crippen LogP) is 5.18. The number of likely N-dealkylation sites (tertiary alicyclic amines) is 1. The number of thioether (sulfide) groups is 1. The van der Waals surface area contributed by atoms with Crippen molar-refractivity contribution in [1.82, 2.24) is 9.88 Å². The first-order valence-corrected chi connectivity index (χ1v) is 11.7. The van der Waals surface area contributed by atoms with Crippen LogP contribution < -0.4 is 5.73 Å². The van der Waals surface area contributed by atoms with Crippen LogP contribution in [0.1, 0.15) is 34.8 Å². The molecule has 4 rings (SSSR count). The standard InChI is InChI=1S/C25H20ClN5OS/c26-20-11-5-4-10-17(20)21-18(14-27)23(29)30-24(19(21)15-28)33-22(16-8-2-1-3-9-16)25(32)31-12-6-7-13-31/h1-5,8-11,22H,6-7,12-13H2,(H2,29,30). The molecule has 164 valence electrons. The molecule has 1 fully saturated rings. The van der Waals surface area contributed by atoms with Crippen LogP contribution in [0.5, 0.6) is 0 Å². The molecule has 1 aliphatic heterocycles. The van der Waals surface area contributed by atoms with Gasteiger partial charge >= 0.3 is 0 Å². The van der Waals surface area contributed by atoms with Crippen LogP contribution in [-0.4, -0.2) is 28.9 Å². The second-order valence-electron chi connectivity index (χ2n) is 7.57. The molecule has 8 heteroatoms. The number of pyridine rings is 1. The zero-order valence-electron chi connectivity index (χ0n) is 17.7. The van der Waals surface area contributed by atoms with Crippen LogP contribution in [0.25, 0.3) is 11.1 Å². The van der Waals surface area contributed by atoms with Crippen molar-refractivity contribution < 1.29 is 4.79 Å². The van der Waals surface area contributed by atoms with E-state index in [1.54, 1.807) is 24.3 Å². The maximum Gasteiger partial charge on any atom is 0.240 e. The fraction of sp³-hybridized carbons (Fsp3) is 0.200. The first kappa shape index (κ1) is 22.7. The highest BCUT2D eigenvalue weighted by molar-refractivity contribution is 8.00. The molecule has 0 radical (unpaired) electrons. The minimum atomic E-state index is -0.602. The highest BCUT2D eigenvalue weighted by Gasteiger charge is 2.31. The number of anilines is 1. The van der Waals surface area contributed by atoms with Gasteiger partial charge < -0.3 is 10.6 Å². The molecule has 1 aromatic heterocycles. The van der Waals surface area contributed by atoms with Gasteiger partial charge in [-0.3, -0.25) is 4.79 Å². The molecule has 2 N–H and O–H groups in total. The van der Waals surface area contributed by atoms with Gasteiger partial charge in [-0.25, -0.2) is 4.98 Å². The molecular weight excluding hydrogens is 454 g/mol. The summed E-state index contributed by atoms with van der Waals surface area (Å²) in [4.78, 5) is 19.7. The summed E-state index contributed by atoms with van der Waals surface area (Å²) in [6.07, 6.45) is 1.94. The summed E-state index contributed by atoms with van der Waals surface area (Å²) in [5, 5.41) is 20.0. The molecule has 1 saturated heterocycles. The van der Waals surface area contributed by atoms with Crippen molar-refractivity contribution in [2.45, 2.75) is 23.1 Å². The van der Waals surface area contributed by atoms with Gasteiger partial charge in [-0.2, -0.15) is 10.5 Å². The summed E-state index contributed by atoms with van der Waals surface area (Å²) in [6, 6.07) is 20.6. The predicted molar refractivity (Wildman–Crippen MR) is 129 cm³/mol. The number of aromatic nitrogens is 1. The molecule has 6 nitrogen and oxygen atoms in total. The molecule has 1 amide bonds. The number of nitriles is 2. The zero-order valence-corrected chi connectivity index (χ0v) is 19.2. The largest absolute Gasteiger partial charge is 0.383 e. The normalized spacial score (nSPS) is 13.8. The van der Waals surface area contributed by atoms with Crippen LogP contribution in [0.4, 0.5) is 5.82 Å². The van der Waals surface area contributed by atoms with Gasteiger partial charge in [-0.05, 0) is 24.5 Å². The van der Waals surface area contributed by atoms with Crippen molar-refractivity contribution >= 4 is 35.1 Å². The summed E-state index contributed by atoms with van der Waals surface area (Å²) in [6.45, 7) is 1.42. The Morgan fingerprint density at radius 2 is 1.67 bits per heavy atom. The van der Waals surface area contributed by atoms with Crippen LogP contribution in [0, 0.1) is 22.7 Å². The van der Waals surface area contributed by atoms with E-state index in [1.807, 2.05) is 35.2 Å². The van der Waals surface area contributed by atoms with Gasteiger partial charge in [0, 0.05) is 29.2 Å². The number of nitrogen functional groups attached to an aromatic ring is 1. The van der Waals surface area contributed by atoms with Gasteiger partial charge in [-0.15, -0.1) is 0 Å². The molecule has 2 aromatic carbocycles. The van der Waals surface area contributed by atoms with E-state index in [9.17, 15) is 15.3 Å². The van der Waals surface area contributed by atoms with Gasteiger partial charge in [0.1, 0.15) is 33.8 Å². The Balaban J connectivity index is 1.87. The number of amides is 1. The molecule has 33 heavy (non-hydrogen) atoms. The van der Waals surface area contributed by atoms with Crippen LogP contribution >= 0.6 is 23.4 Å². The number of rotatable bonds is 5. The van der Waals surface area contributed by atoms with E-state index in [0.717, 1.165) is 18.4 Å². The van der Waals surface area contributed by atoms with Gasteiger partial charge in [-0.1, -0.05) is 71.9 Å². The molecule has 1 aliphatic rings. The van der Waals surface area contributed by atoms with E-state index >= 15 is 0 Å². The molecule has 0 saturated carbocycles. The smallest absolute Gasteiger partial charge is 0.240 e. The van der Waals surface area contributed by atoms with Crippen LogP contribution in [0.3, 0.4) is 0 Å². The van der Waals surface area contributed by atoms with E-state index in [2.05, 4.69) is 17.1 Å². The summed E-state index contributed by atoms with van der Waals surface area (Å²) < 4.78 is 0. The lowest BCUT2D eigenvalue weighted by Crippen LogP contribution is -2.31. The van der Waals surface area contributed by atoms with Crippen LogP contribution in [0.15, 0.2) is 59.6 Å². The SMILES string of the molecule is N#Cc1c(N)nc(SC(C(=O)N2CCCC2)c2ccccc2)c(C#N)c1-c1ccccc1Cl. The Bertz CT molecular complexity index is 1280. The number of nitrogens with zero attached hydrogens (tertiary/aromatic N) is 4. The van der Waals surface area contributed by atoms with Crippen molar-refractivity contribution in [1.29, 1.82) is 10.5 Å². The number of carbonyl (C=O) groups is 1. The second-order valence-corrected chi connectivity index (χ2v) is 9.07. The molecule has 0 spiro atoms. The average Bonchev–Trinajstić information content (AvgIpc) is 3.38. The third-order valence-electron chi connectivity index (χ3n) is 5.53. The third-order valence-corrected chi connectivity index (χ3v) is 7.09. The van der Waals surface area contributed by atoms with Gasteiger partial charge in [0.15, 0.2) is 0 Å². The van der Waals surface area contributed by atoms with Crippen molar-refractivity contribution in [2.24, 2.45) is 0 Å². The fourth-order valence-electron chi connectivity index (χ4n) is 3.92. The highest BCUT2D eigenvalue weighted by Crippen LogP contribution is 2.43. The Morgan fingerprint density at radius 3 is 2.30 bits per heavy atom. The molecule has 0 aliphatic carbocycles. The molecule has 1 atom stereocenters. The summed E-state index contributed by atoms with van der Waals surface area (Å²) >= 11 is 7.59. The molecule has 2 heterocycles. The second kappa shape index (κ2) is 9.95. The lowest BCUT2D eigenvalue weighted by molar-refractivity contribution is -0.129. The minimum Gasteiger partial charge on any atom is -0.383 e. The van der Waals surface area contributed by atoms with Crippen molar-refractivity contribution in [3.63, 3.8) is 0 Å². The maximum absolute atomic E-state index is 13.5. The Hall–Kier alpha value is -3.52.